The van der Waals surface area contributed by atoms with Crippen LogP contribution in [0.2, 0.25) is 5.02 Å². The molecule has 0 bridgehead atoms. The number of rotatable bonds is 6. The van der Waals surface area contributed by atoms with Crippen LogP contribution in [0.5, 0.6) is 11.5 Å². The maximum atomic E-state index is 12.7. The predicted octanol–water partition coefficient (Wildman–Crippen LogP) is 5.50. The zero-order valence-electron chi connectivity index (χ0n) is 16.6. The van der Waals surface area contributed by atoms with Crippen LogP contribution in [-0.4, -0.2) is 25.1 Å². The number of nitrogens with one attached hydrogen (secondary N) is 2. The van der Waals surface area contributed by atoms with Gasteiger partial charge in [0.25, 0.3) is 5.91 Å². The molecule has 3 aromatic rings. The molecule has 4 rings (SSSR count). The molecular weight excluding hydrogens is 420 g/mol. The van der Waals surface area contributed by atoms with E-state index in [0.29, 0.717) is 28.0 Å². The minimum Gasteiger partial charge on any atom is -0.495 e. The van der Waals surface area contributed by atoms with Gasteiger partial charge in [0.1, 0.15) is 11.5 Å². The Morgan fingerprint density at radius 1 is 1.17 bits per heavy atom. The number of fused-ring (bicyclic) bond motifs is 1. The number of amides is 1. The molecule has 0 aliphatic carbocycles. The van der Waals surface area contributed by atoms with Gasteiger partial charge in [0, 0.05) is 10.6 Å². The van der Waals surface area contributed by atoms with Crippen molar-refractivity contribution in [1.29, 1.82) is 0 Å². The first-order valence-corrected chi connectivity index (χ1v) is 10.8. The average molecular weight is 441 g/mol. The third-order valence-electron chi connectivity index (χ3n) is 4.68. The maximum absolute atomic E-state index is 12.7. The van der Waals surface area contributed by atoms with Gasteiger partial charge in [-0.1, -0.05) is 53.7 Å². The summed E-state index contributed by atoms with van der Waals surface area (Å²) in [4.78, 5) is 13.3. The standard InChI is InChI=1S/C23H21ClN2O3S/c1-3-29-19-10-8-14-6-4-5-7-16(14)17(19)13-21-22(27)26-23(30-21)25-18-12-15(24)9-11-20(18)28-2/h4-13,23,25H,3H2,1-2H3,(H,26,27)/b21-13-. The van der Waals surface area contributed by atoms with Crippen molar-refractivity contribution in [3.8, 4) is 11.5 Å². The van der Waals surface area contributed by atoms with Crippen molar-refractivity contribution in [2.45, 2.75) is 12.4 Å². The first-order chi connectivity index (χ1) is 14.6. The Morgan fingerprint density at radius 3 is 2.77 bits per heavy atom. The van der Waals surface area contributed by atoms with Crippen molar-refractivity contribution in [1.82, 2.24) is 5.32 Å². The Balaban J connectivity index is 1.65. The number of hydrogen-bond acceptors (Lipinski definition) is 5. The second-order valence-electron chi connectivity index (χ2n) is 6.60. The summed E-state index contributed by atoms with van der Waals surface area (Å²) in [5.74, 6) is 1.26. The van der Waals surface area contributed by atoms with Gasteiger partial charge in [-0.05, 0) is 48.0 Å². The van der Waals surface area contributed by atoms with Gasteiger partial charge in [-0.3, -0.25) is 4.79 Å². The van der Waals surface area contributed by atoms with Crippen molar-refractivity contribution in [2.75, 3.05) is 19.0 Å². The Morgan fingerprint density at radius 2 is 1.97 bits per heavy atom. The molecule has 1 heterocycles. The van der Waals surface area contributed by atoms with Crippen molar-refractivity contribution >= 4 is 51.8 Å². The smallest absolute Gasteiger partial charge is 0.260 e. The lowest BCUT2D eigenvalue weighted by molar-refractivity contribution is -0.116. The van der Waals surface area contributed by atoms with Crippen LogP contribution >= 0.6 is 23.4 Å². The van der Waals surface area contributed by atoms with E-state index in [1.54, 1.807) is 25.3 Å². The summed E-state index contributed by atoms with van der Waals surface area (Å²) in [5.41, 5.74) is 1.26. The van der Waals surface area contributed by atoms with Crippen LogP contribution < -0.4 is 20.1 Å². The highest BCUT2D eigenvalue weighted by molar-refractivity contribution is 8.05. The Bertz CT molecular complexity index is 1130. The molecule has 0 saturated carbocycles. The van der Waals surface area contributed by atoms with Crippen LogP contribution in [-0.2, 0) is 4.79 Å². The number of ether oxygens (including phenoxy) is 2. The summed E-state index contributed by atoms with van der Waals surface area (Å²) in [6.45, 7) is 2.49. The van der Waals surface area contributed by atoms with E-state index < -0.39 is 0 Å². The van der Waals surface area contributed by atoms with E-state index >= 15 is 0 Å². The Kier molecular flexibility index (Phi) is 6.06. The van der Waals surface area contributed by atoms with Gasteiger partial charge in [-0.25, -0.2) is 0 Å². The topological polar surface area (TPSA) is 59.6 Å². The van der Waals surface area contributed by atoms with E-state index in [4.69, 9.17) is 21.1 Å². The summed E-state index contributed by atoms with van der Waals surface area (Å²) in [7, 11) is 1.59. The first kappa shape index (κ1) is 20.4. The van der Waals surface area contributed by atoms with Gasteiger partial charge in [0.15, 0.2) is 5.50 Å². The predicted molar refractivity (Wildman–Crippen MR) is 124 cm³/mol. The van der Waals surface area contributed by atoms with Crippen molar-refractivity contribution in [3.63, 3.8) is 0 Å². The van der Waals surface area contributed by atoms with Crippen molar-refractivity contribution in [3.05, 3.63) is 70.1 Å². The molecule has 1 aliphatic heterocycles. The molecule has 30 heavy (non-hydrogen) atoms. The lowest BCUT2D eigenvalue weighted by Gasteiger charge is -2.16. The molecule has 1 unspecified atom stereocenters. The number of halogens is 1. The van der Waals surface area contributed by atoms with Gasteiger partial charge in [-0.2, -0.15) is 0 Å². The highest BCUT2D eigenvalue weighted by Gasteiger charge is 2.28. The number of carbonyl (C=O) groups excluding carboxylic acids is 1. The quantitative estimate of drug-likeness (QED) is 0.495. The van der Waals surface area contributed by atoms with Gasteiger partial charge in [0.05, 0.1) is 24.3 Å². The molecule has 1 aliphatic rings. The van der Waals surface area contributed by atoms with Gasteiger partial charge in [-0.15, -0.1) is 0 Å². The molecule has 3 aromatic carbocycles. The first-order valence-electron chi connectivity index (χ1n) is 9.53. The fourth-order valence-electron chi connectivity index (χ4n) is 3.34. The van der Waals surface area contributed by atoms with E-state index in [2.05, 4.69) is 10.6 Å². The second-order valence-corrected chi connectivity index (χ2v) is 8.18. The maximum Gasteiger partial charge on any atom is 0.260 e. The fourth-order valence-corrected chi connectivity index (χ4v) is 4.47. The largest absolute Gasteiger partial charge is 0.495 e. The molecule has 1 atom stereocenters. The molecule has 154 valence electrons. The average Bonchev–Trinajstić information content (AvgIpc) is 3.08. The Labute approximate surface area is 184 Å². The van der Waals surface area contributed by atoms with E-state index in [1.165, 1.54) is 11.8 Å². The van der Waals surface area contributed by atoms with Gasteiger partial charge >= 0.3 is 0 Å². The summed E-state index contributed by atoms with van der Waals surface area (Å²) >= 11 is 7.52. The minimum absolute atomic E-state index is 0.145. The number of hydrogen-bond donors (Lipinski definition) is 2. The van der Waals surface area contributed by atoms with Crippen molar-refractivity contribution in [2.24, 2.45) is 0 Å². The van der Waals surface area contributed by atoms with Crippen molar-refractivity contribution < 1.29 is 14.3 Å². The van der Waals surface area contributed by atoms with E-state index in [1.807, 2.05) is 49.4 Å². The highest BCUT2D eigenvalue weighted by atomic mass is 35.5. The van der Waals surface area contributed by atoms with Gasteiger partial charge < -0.3 is 20.1 Å². The van der Waals surface area contributed by atoms with Gasteiger partial charge in [0.2, 0.25) is 0 Å². The van der Waals surface area contributed by atoms with Crippen LogP contribution in [0.15, 0.2) is 59.5 Å². The van der Waals surface area contributed by atoms with Crippen LogP contribution in [0, 0.1) is 0 Å². The second kappa shape index (κ2) is 8.90. The van der Waals surface area contributed by atoms with Crippen LogP contribution in [0.4, 0.5) is 5.69 Å². The minimum atomic E-state index is -0.346. The fraction of sp³-hybridized carbons (Fsp3) is 0.174. The number of benzene rings is 3. The lowest BCUT2D eigenvalue weighted by Crippen LogP contribution is -2.31. The number of thioether (sulfide) groups is 1. The lowest BCUT2D eigenvalue weighted by atomic mass is 10.0. The van der Waals surface area contributed by atoms with Crippen LogP contribution in [0.1, 0.15) is 12.5 Å². The van der Waals surface area contributed by atoms with E-state index in [0.717, 1.165) is 22.1 Å². The summed E-state index contributed by atoms with van der Waals surface area (Å²) < 4.78 is 11.2. The third kappa shape index (κ3) is 4.20. The zero-order chi connectivity index (χ0) is 21.1. The molecule has 1 fully saturated rings. The normalized spacial score (nSPS) is 17.2. The number of carbonyl (C=O) groups is 1. The number of anilines is 1. The van der Waals surface area contributed by atoms with Crippen LogP contribution in [0.25, 0.3) is 16.8 Å². The SMILES string of the molecule is CCOc1ccc2ccccc2c1/C=C1\SC(Nc2cc(Cl)ccc2OC)NC1=O. The summed E-state index contributed by atoms with van der Waals surface area (Å²) in [5, 5.41) is 8.94. The third-order valence-corrected chi connectivity index (χ3v) is 5.95. The molecule has 1 saturated heterocycles. The molecule has 0 radical (unpaired) electrons. The van der Waals surface area contributed by atoms with E-state index in [-0.39, 0.29) is 11.4 Å². The molecular formula is C23H21ClN2O3S. The molecule has 5 nitrogen and oxygen atoms in total. The molecule has 1 amide bonds. The molecule has 0 spiro atoms. The summed E-state index contributed by atoms with van der Waals surface area (Å²) in [6, 6.07) is 17.3. The highest BCUT2D eigenvalue weighted by Crippen LogP contribution is 2.37. The van der Waals surface area contributed by atoms with E-state index in [9.17, 15) is 4.79 Å². The Hall–Kier alpha value is -2.83. The number of methoxy groups -OCH3 is 1. The molecule has 0 aromatic heterocycles. The molecule has 7 heteroatoms. The summed E-state index contributed by atoms with van der Waals surface area (Å²) in [6.07, 6.45) is 1.89. The van der Waals surface area contributed by atoms with Crippen LogP contribution in [0.3, 0.4) is 0 Å². The molecule has 2 N–H and O–H groups in total. The monoisotopic (exact) mass is 440 g/mol. The zero-order valence-corrected chi connectivity index (χ0v) is 18.1.